The molecule has 0 saturated heterocycles. The molecule has 0 radical (unpaired) electrons. The molecule has 18 heavy (non-hydrogen) atoms. The fourth-order valence-electron chi connectivity index (χ4n) is 1.87. The van der Waals surface area contributed by atoms with E-state index in [-0.39, 0.29) is 5.03 Å². The van der Waals surface area contributed by atoms with Crippen molar-refractivity contribution in [1.29, 1.82) is 0 Å². The van der Waals surface area contributed by atoms with Crippen LogP contribution < -0.4 is 5.14 Å². The van der Waals surface area contributed by atoms with Crippen LogP contribution in [0.5, 0.6) is 0 Å². The Morgan fingerprint density at radius 3 is 2.61 bits per heavy atom. The van der Waals surface area contributed by atoms with Gasteiger partial charge in [-0.1, -0.05) is 30.3 Å². The van der Waals surface area contributed by atoms with Gasteiger partial charge in [0.1, 0.15) is 0 Å². The van der Waals surface area contributed by atoms with Crippen LogP contribution in [0.25, 0.3) is 21.8 Å². The van der Waals surface area contributed by atoms with E-state index in [0.717, 1.165) is 10.8 Å². The Morgan fingerprint density at radius 1 is 1.06 bits per heavy atom. The number of rotatable bonds is 1. The minimum atomic E-state index is -3.84. The highest BCUT2D eigenvalue weighted by Crippen LogP contribution is 2.22. The topological polar surface area (TPSA) is 85.9 Å². The van der Waals surface area contributed by atoms with Gasteiger partial charge in [-0.2, -0.15) is 0 Å². The van der Waals surface area contributed by atoms with Gasteiger partial charge in [-0.3, -0.25) is 4.98 Å². The summed E-state index contributed by atoms with van der Waals surface area (Å²) < 4.78 is 22.6. The molecule has 0 spiro atoms. The summed E-state index contributed by atoms with van der Waals surface area (Å²) in [6.45, 7) is 0. The van der Waals surface area contributed by atoms with Gasteiger partial charge in [0.25, 0.3) is 10.0 Å². The Labute approximate surface area is 103 Å². The van der Waals surface area contributed by atoms with Crippen LogP contribution in [0.15, 0.2) is 47.6 Å². The van der Waals surface area contributed by atoms with Gasteiger partial charge < -0.3 is 0 Å². The van der Waals surface area contributed by atoms with E-state index in [0.29, 0.717) is 11.0 Å². The average Bonchev–Trinajstić information content (AvgIpc) is 2.37. The predicted molar refractivity (Wildman–Crippen MR) is 68.4 cm³/mol. The lowest BCUT2D eigenvalue weighted by atomic mass is 10.1. The summed E-state index contributed by atoms with van der Waals surface area (Å²) in [5, 5.41) is 6.68. The molecule has 1 heterocycles. The molecule has 0 fully saturated rings. The van der Waals surface area contributed by atoms with Gasteiger partial charge in [-0.15, -0.1) is 0 Å². The zero-order valence-electron chi connectivity index (χ0n) is 9.24. The average molecular weight is 259 g/mol. The lowest BCUT2D eigenvalue weighted by Gasteiger charge is -2.03. The summed E-state index contributed by atoms with van der Waals surface area (Å²) in [6.07, 6.45) is 1.17. The number of sulfonamides is 1. The van der Waals surface area contributed by atoms with E-state index in [2.05, 4.69) is 9.97 Å². The number of fused-ring (bicyclic) bond motifs is 3. The SMILES string of the molecule is NS(=O)(=O)c1cnc2ccc3ccccc3c2n1. The second kappa shape index (κ2) is 3.72. The number of nitrogens with two attached hydrogens (primary N) is 1. The van der Waals surface area contributed by atoms with Crippen molar-refractivity contribution in [3.8, 4) is 0 Å². The molecular formula is C12H9N3O2S. The first-order valence-corrected chi connectivity index (χ1v) is 6.78. The predicted octanol–water partition coefficient (Wildman–Crippen LogP) is 1.43. The van der Waals surface area contributed by atoms with Crippen LogP contribution in [0.4, 0.5) is 0 Å². The monoisotopic (exact) mass is 259 g/mol. The Morgan fingerprint density at radius 2 is 1.83 bits per heavy atom. The van der Waals surface area contributed by atoms with Gasteiger partial charge in [-0.25, -0.2) is 18.5 Å². The van der Waals surface area contributed by atoms with E-state index in [1.165, 1.54) is 6.20 Å². The van der Waals surface area contributed by atoms with Gasteiger partial charge in [0, 0.05) is 5.39 Å². The van der Waals surface area contributed by atoms with Crippen LogP contribution in [-0.2, 0) is 10.0 Å². The molecule has 0 aliphatic rings. The van der Waals surface area contributed by atoms with Crippen molar-refractivity contribution >= 4 is 31.8 Å². The van der Waals surface area contributed by atoms with E-state index in [9.17, 15) is 8.42 Å². The number of hydrogen-bond donors (Lipinski definition) is 1. The zero-order chi connectivity index (χ0) is 12.8. The normalized spacial score (nSPS) is 12.1. The van der Waals surface area contributed by atoms with E-state index in [4.69, 9.17) is 5.14 Å². The number of hydrogen-bond acceptors (Lipinski definition) is 4. The largest absolute Gasteiger partial charge is 0.257 e. The molecule has 3 rings (SSSR count). The highest BCUT2D eigenvalue weighted by Gasteiger charge is 2.12. The standard InChI is InChI=1S/C12H9N3O2S/c13-18(16,17)11-7-14-10-6-5-8-3-1-2-4-9(8)12(10)15-11/h1-7H,(H2,13,16,17). The maximum Gasteiger partial charge on any atom is 0.257 e. The maximum absolute atomic E-state index is 11.3. The fraction of sp³-hybridized carbons (Fsp3) is 0. The zero-order valence-corrected chi connectivity index (χ0v) is 10.1. The van der Waals surface area contributed by atoms with Gasteiger partial charge in [0.2, 0.25) is 0 Å². The van der Waals surface area contributed by atoms with Crippen LogP contribution in [0.2, 0.25) is 0 Å². The summed E-state index contributed by atoms with van der Waals surface area (Å²) in [6, 6.07) is 11.3. The lowest BCUT2D eigenvalue weighted by Crippen LogP contribution is -2.14. The summed E-state index contributed by atoms with van der Waals surface area (Å²) in [5.74, 6) is 0. The highest BCUT2D eigenvalue weighted by atomic mass is 32.2. The third-order valence-electron chi connectivity index (χ3n) is 2.71. The summed E-state index contributed by atoms with van der Waals surface area (Å²) in [4.78, 5) is 8.18. The Kier molecular flexibility index (Phi) is 2.29. The molecule has 2 aromatic carbocycles. The summed E-state index contributed by atoms with van der Waals surface area (Å²) >= 11 is 0. The number of benzene rings is 2. The Hall–Kier alpha value is -2.05. The third kappa shape index (κ3) is 1.71. The molecule has 0 atom stereocenters. The van der Waals surface area contributed by atoms with Crippen molar-refractivity contribution < 1.29 is 8.42 Å². The Balaban J connectivity index is 2.48. The van der Waals surface area contributed by atoms with Crippen LogP contribution in [-0.4, -0.2) is 18.4 Å². The molecule has 3 aromatic rings. The molecule has 0 bridgehead atoms. The number of primary sulfonamides is 1. The minimum absolute atomic E-state index is 0.216. The quantitative estimate of drug-likeness (QED) is 0.670. The molecule has 90 valence electrons. The molecule has 0 unspecified atom stereocenters. The van der Waals surface area contributed by atoms with Crippen LogP contribution in [0, 0.1) is 0 Å². The van der Waals surface area contributed by atoms with Crippen molar-refractivity contribution in [3.63, 3.8) is 0 Å². The smallest absolute Gasteiger partial charge is 0.252 e. The summed E-state index contributed by atoms with van der Waals surface area (Å²) in [5.41, 5.74) is 1.18. The van der Waals surface area contributed by atoms with Gasteiger partial charge in [-0.05, 0) is 11.5 Å². The molecule has 0 saturated carbocycles. The summed E-state index contributed by atoms with van der Waals surface area (Å²) in [7, 11) is -3.84. The fourth-order valence-corrected chi connectivity index (χ4v) is 2.28. The molecule has 2 N–H and O–H groups in total. The second-order valence-corrected chi connectivity index (χ2v) is 5.42. The number of aromatic nitrogens is 2. The Bertz CT molecular complexity index is 859. The van der Waals surface area contributed by atoms with Gasteiger partial charge >= 0.3 is 0 Å². The molecule has 0 aliphatic heterocycles. The second-order valence-electron chi connectivity index (χ2n) is 3.91. The molecule has 0 amide bonds. The van der Waals surface area contributed by atoms with Gasteiger partial charge in [0.15, 0.2) is 5.03 Å². The van der Waals surface area contributed by atoms with Crippen molar-refractivity contribution in [2.75, 3.05) is 0 Å². The van der Waals surface area contributed by atoms with Crippen molar-refractivity contribution in [1.82, 2.24) is 9.97 Å². The van der Waals surface area contributed by atoms with Crippen LogP contribution >= 0.6 is 0 Å². The maximum atomic E-state index is 11.3. The van der Waals surface area contributed by atoms with Crippen molar-refractivity contribution in [2.24, 2.45) is 5.14 Å². The molecule has 0 aliphatic carbocycles. The lowest BCUT2D eigenvalue weighted by molar-refractivity contribution is 0.594. The van der Waals surface area contributed by atoms with Crippen molar-refractivity contribution in [3.05, 3.63) is 42.6 Å². The van der Waals surface area contributed by atoms with E-state index in [1.807, 2.05) is 30.3 Å². The molecule has 5 nitrogen and oxygen atoms in total. The van der Waals surface area contributed by atoms with Crippen molar-refractivity contribution in [2.45, 2.75) is 5.03 Å². The highest BCUT2D eigenvalue weighted by molar-refractivity contribution is 7.89. The third-order valence-corrected chi connectivity index (χ3v) is 3.49. The first-order chi connectivity index (χ1) is 8.55. The molecule has 1 aromatic heterocycles. The molecular weight excluding hydrogens is 250 g/mol. The van der Waals surface area contributed by atoms with Gasteiger partial charge in [0.05, 0.1) is 17.2 Å². The first-order valence-electron chi connectivity index (χ1n) is 5.23. The van der Waals surface area contributed by atoms with Crippen LogP contribution in [0.3, 0.4) is 0 Å². The van der Waals surface area contributed by atoms with Crippen LogP contribution in [0.1, 0.15) is 0 Å². The first kappa shape index (κ1) is 11.1. The minimum Gasteiger partial charge on any atom is -0.252 e. The van der Waals surface area contributed by atoms with E-state index >= 15 is 0 Å². The number of nitrogens with zero attached hydrogens (tertiary/aromatic N) is 2. The van der Waals surface area contributed by atoms with E-state index < -0.39 is 10.0 Å². The molecule has 6 heteroatoms. The van der Waals surface area contributed by atoms with E-state index in [1.54, 1.807) is 6.07 Å².